The fourth-order valence-electron chi connectivity index (χ4n) is 5.45. The fourth-order valence-corrected chi connectivity index (χ4v) is 5.45. The van der Waals surface area contributed by atoms with Crippen LogP contribution in [0.15, 0.2) is 34.4 Å². The van der Waals surface area contributed by atoms with E-state index in [1.54, 1.807) is 14.0 Å². The van der Waals surface area contributed by atoms with Crippen LogP contribution < -0.4 is 10.3 Å². The number of hydrogen-bond donors (Lipinski definition) is 2. The number of piperazine rings is 1. The van der Waals surface area contributed by atoms with Crippen molar-refractivity contribution in [3.05, 3.63) is 35.8 Å². The van der Waals surface area contributed by atoms with Crippen LogP contribution >= 0.6 is 0 Å². The molecule has 1 aliphatic carbocycles. The van der Waals surface area contributed by atoms with Crippen molar-refractivity contribution in [2.24, 2.45) is 9.98 Å². The molecule has 38 heavy (non-hydrogen) atoms. The number of hydrogen-bond acceptors (Lipinski definition) is 6. The summed E-state index contributed by atoms with van der Waals surface area (Å²) in [4.78, 5) is 29.3. The lowest BCUT2D eigenvalue weighted by Gasteiger charge is -2.35. The van der Waals surface area contributed by atoms with Crippen LogP contribution in [0, 0.1) is 6.92 Å². The summed E-state index contributed by atoms with van der Waals surface area (Å²) in [5.41, 5.74) is 7.78. The minimum Gasteiger partial charge on any atom is -0.393 e. The minimum atomic E-state index is -0.226. The Bertz CT molecular complexity index is 1150. The Balaban J connectivity index is 1.66. The third-order valence-corrected chi connectivity index (χ3v) is 7.61. The minimum absolute atomic E-state index is 0.0668. The zero-order valence-corrected chi connectivity index (χ0v) is 23.1. The Hall–Kier alpha value is -3.24. The van der Waals surface area contributed by atoms with Gasteiger partial charge in [-0.15, -0.1) is 0 Å². The van der Waals surface area contributed by atoms with Gasteiger partial charge in [0, 0.05) is 69.3 Å². The summed E-state index contributed by atoms with van der Waals surface area (Å²) in [6.07, 6.45) is 5.05. The largest absolute Gasteiger partial charge is 0.393 e. The van der Waals surface area contributed by atoms with Crippen LogP contribution in [-0.2, 0) is 9.53 Å². The van der Waals surface area contributed by atoms with Gasteiger partial charge in [-0.2, -0.15) is 0 Å². The molecule has 1 amide bonds. The van der Waals surface area contributed by atoms with Crippen LogP contribution in [0.5, 0.6) is 0 Å². The van der Waals surface area contributed by atoms with Crippen molar-refractivity contribution in [2.45, 2.75) is 64.5 Å². The Morgan fingerprint density at radius 3 is 2.58 bits per heavy atom. The highest BCUT2D eigenvalue weighted by molar-refractivity contribution is 5.91. The van der Waals surface area contributed by atoms with E-state index in [0.717, 1.165) is 67.1 Å². The van der Waals surface area contributed by atoms with Gasteiger partial charge in [-0.05, 0) is 70.0 Å². The number of nitrogens with zero attached hydrogens (tertiary/aromatic N) is 6. The van der Waals surface area contributed by atoms with Crippen LogP contribution in [0.1, 0.15) is 56.8 Å². The van der Waals surface area contributed by atoms with E-state index >= 15 is 0 Å². The molecular formula is C28H41N7O3. The number of pyridine rings is 1. The number of aliphatic imine (C=N–C) groups is 2. The molecule has 2 aromatic rings. The number of carbonyl (C=O) groups is 1. The predicted octanol–water partition coefficient (Wildman–Crippen LogP) is 3.18. The first kappa shape index (κ1) is 27.8. The summed E-state index contributed by atoms with van der Waals surface area (Å²) in [6.45, 7) is 12.8. The monoisotopic (exact) mass is 523 g/mol. The Morgan fingerprint density at radius 2 is 1.95 bits per heavy atom. The van der Waals surface area contributed by atoms with Gasteiger partial charge < -0.3 is 19.6 Å². The standard InChI is InChI=1S/C28H41N7O3/c1-19(18-38-5)31-28(29-4)32-35-20(2)25(17-26(35)22-6-8-24(37)9-7-22)23-10-11-30-27(16-23)34-14-12-33(13-15-34)21(3)36/h10-11,16-17,19,22,24,37H,4,6-9,12-15,18H2,1-3,5H3,(H,31,32)/t19-,22?,24?/m0/s1. The van der Waals surface area contributed by atoms with Crippen molar-refractivity contribution in [1.29, 1.82) is 0 Å². The van der Waals surface area contributed by atoms with E-state index in [-0.39, 0.29) is 18.1 Å². The average molecular weight is 524 g/mol. The number of amides is 1. The van der Waals surface area contributed by atoms with E-state index < -0.39 is 0 Å². The van der Waals surface area contributed by atoms with Crippen molar-refractivity contribution in [3.63, 3.8) is 0 Å². The van der Waals surface area contributed by atoms with E-state index in [2.05, 4.69) is 55.7 Å². The maximum absolute atomic E-state index is 11.7. The number of rotatable bonds is 7. The molecule has 1 atom stereocenters. The lowest BCUT2D eigenvalue weighted by atomic mass is 9.85. The van der Waals surface area contributed by atoms with Gasteiger partial charge >= 0.3 is 0 Å². The zero-order chi connectivity index (χ0) is 27.2. The Morgan fingerprint density at radius 1 is 1.24 bits per heavy atom. The van der Waals surface area contributed by atoms with Gasteiger partial charge in [0.1, 0.15) is 5.82 Å². The maximum Gasteiger partial charge on any atom is 0.237 e. The number of aliphatic hydroxyl groups is 1. The van der Waals surface area contributed by atoms with Crippen molar-refractivity contribution >= 4 is 24.4 Å². The third-order valence-electron chi connectivity index (χ3n) is 7.61. The van der Waals surface area contributed by atoms with Gasteiger partial charge in [-0.1, -0.05) is 0 Å². The van der Waals surface area contributed by atoms with Gasteiger partial charge in [0.2, 0.25) is 11.9 Å². The number of nitrogens with one attached hydrogen (secondary N) is 1. The topological polar surface area (TPSA) is 108 Å². The molecule has 3 heterocycles. The van der Waals surface area contributed by atoms with Crippen molar-refractivity contribution in [1.82, 2.24) is 14.6 Å². The molecular weight excluding hydrogens is 482 g/mol. The van der Waals surface area contributed by atoms with Gasteiger partial charge in [0.15, 0.2) is 0 Å². The molecule has 10 heteroatoms. The number of aliphatic hydroxyl groups excluding tert-OH is 1. The summed E-state index contributed by atoms with van der Waals surface area (Å²) < 4.78 is 7.32. The van der Waals surface area contributed by atoms with Gasteiger partial charge in [-0.3, -0.25) is 14.9 Å². The molecule has 0 radical (unpaired) electrons. The molecule has 1 saturated heterocycles. The molecule has 0 bridgehead atoms. The summed E-state index contributed by atoms with van der Waals surface area (Å²) in [7, 11) is 1.66. The first-order valence-corrected chi connectivity index (χ1v) is 13.5. The molecule has 206 valence electrons. The molecule has 0 spiro atoms. The lowest BCUT2D eigenvalue weighted by Crippen LogP contribution is -2.48. The molecule has 4 rings (SSSR count). The average Bonchev–Trinajstić information content (AvgIpc) is 3.24. The molecule has 0 unspecified atom stereocenters. The van der Waals surface area contributed by atoms with E-state index in [0.29, 0.717) is 31.6 Å². The van der Waals surface area contributed by atoms with E-state index in [1.165, 1.54) is 0 Å². The molecule has 2 N–H and O–H groups in total. The highest BCUT2D eigenvalue weighted by Gasteiger charge is 2.27. The van der Waals surface area contributed by atoms with Crippen molar-refractivity contribution in [2.75, 3.05) is 50.2 Å². The van der Waals surface area contributed by atoms with Gasteiger partial charge in [0.25, 0.3) is 0 Å². The normalized spacial score (nSPS) is 21.3. The van der Waals surface area contributed by atoms with E-state index in [9.17, 15) is 9.90 Å². The lowest BCUT2D eigenvalue weighted by molar-refractivity contribution is -0.129. The van der Waals surface area contributed by atoms with Crippen LogP contribution in [0.25, 0.3) is 11.1 Å². The molecule has 1 aliphatic heterocycles. The second-order valence-electron chi connectivity index (χ2n) is 10.3. The van der Waals surface area contributed by atoms with Crippen LogP contribution in [0.3, 0.4) is 0 Å². The molecule has 0 aromatic carbocycles. The van der Waals surface area contributed by atoms with Crippen molar-refractivity contribution < 1.29 is 14.6 Å². The number of guanidine groups is 1. The van der Waals surface area contributed by atoms with Gasteiger partial charge in [-0.25, -0.2) is 15.0 Å². The van der Waals surface area contributed by atoms with Crippen LogP contribution in [-0.4, -0.2) is 90.3 Å². The molecule has 1 saturated carbocycles. The van der Waals surface area contributed by atoms with Gasteiger partial charge in [0.05, 0.1) is 18.8 Å². The third kappa shape index (κ3) is 6.42. The van der Waals surface area contributed by atoms with E-state index in [4.69, 9.17) is 4.74 Å². The number of carbonyl (C=O) groups excluding carboxylic acids is 1. The summed E-state index contributed by atoms with van der Waals surface area (Å²) in [5.74, 6) is 1.78. The summed E-state index contributed by atoms with van der Waals surface area (Å²) in [6, 6.07) is 6.35. The number of aromatic nitrogens is 2. The zero-order valence-electron chi connectivity index (χ0n) is 23.1. The van der Waals surface area contributed by atoms with E-state index in [1.807, 2.05) is 24.1 Å². The highest BCUT2D eigenvalue weighted by atomic mass is 16.5. The number of methoxy groups -OCH3 is 1. The molecule has 2 aromatic heterocycles. The summed E-state index contributed by atoms with van der Waals surface area (Å²) >= 11 is 0. The number of anilines is 1. The number of ether oxygens (including phenoxy) is 1. The molecule has 10 nitrogen and oxygen atoms in total. The highest BCUT2D eigenvalue weighted by Crippen LogP contribution is 2.37. The second kappa shape index (κ2) is 12.5. The van der Waals surface area contributed by atoms with Crippen molar-refractivity contribution in [3.8, 4) is 11.1 Å². The maximum atomic E-state index is 11.7. The van der Waals surface area contributed by atoms with Crippen LogP contribution in [0.2, 0.25) is 0 Å². The first-order chi connectivity index (χ1) is 18.3. The second-order valence-corrected chi connectivity index (χ2v) is 10.3. The SMILES string of the molecule is C=NC(=N[C@@H](C)COC)Nn1c(C2CCC(O)CC2)cc(-c2ccnc(N3CCN(C(C)=O)CC3)c2)c1C. The smallest absolute Gasteiger partial charge is 0.237 e. The van der Waals surface area contributed by atoms with Crippen LogP contribution in [0.4, 0.5) is 5.82 Å². The predicted molar refractivity (Wildman–Crippen MR) is 152 cm³/mol. The first-order valence-electron chi connectivity index (χ1n) is 13.5. The fraction of sp³-hybridized carbons (Fsp3) is 0.571. The Kier molecular flexibility index (Phi) is 9.17. The Labute approximate surface area is 225 Å². The molecule has 2 aliphatic rings. The molecule has 2 fully saturated rings. The summed E-state index contributed by atoms with van der Waals surface area (Å²) in [5, 5.41) is 10.1. The quantitative estimate of drug-likeness (QED) is 0.426.